The van der Waals surface area contributed by atoms with Crippen molar-refractivity contribution in [3.8, 4) is 5.75 Å². The molecular weight excluding hydrogens is 256 g/mol. The van der Waals surface area contributed by atoms with Crippen molar-refractivity contribution in [3.05, 3.63) is 52.2 Å². The van der Waals surface area contributed by atoms with Gasteiger partial charge in [-0.15, -0.1) is 0 Å². The topological polar surface area (TPSA) is 29.5 Å². The number of aliphatic hydroxyl groups is 1. The maximum Gasteiger partial charge on any atom is 0.119 e. The van der Waals surface area contributed by atoms with Crippen LogP contribution in [-0.2, 0) is 6.42 Å². The molecule has 1 aromatic carbocycles. The van der Waals surface area contributed by atoms with Crippen molar-refractivity contribution in [2.45, 2.75) is 32.3 Å². The number of hydrogen-bond acceptors (Lipinski definition) is 3. The zero-order valence-electron chi connectivity index (χ0n) is 11.2. The fraction of sp³-hybridized carbons (Fsp3) is 0.375. The average molecular weight is 276 g/mol. The number of aryl methyl sites for hydroxylation is 2. The second-order valence-corrected chi connectivity index (χ2v) is 5.56. The van der Waals surface area contributed by atoms with Crippen LogP contribution in [0.5, 0.6) is 5.75 Å². The Morgan fingerprint density at radius 1 is 1.26 bits per heavy atom. The van der Waals surface area contributed by atoms with Crippen molar-refractivity contribution in [2.75, 3.05) is 6.61 Å². The third-order valence-electron chi connectivity index (χ3n) is 3.06. The first-order valence-electron chi connectivity index (χ1n) is 6.62. The van der Waals surface area contributed by atoms with Crippen LogP contribution in [0.1, 0.15) is 24.0 Å². The molecule has 102 valence electrons. The van der Waals surface area contributed by atoms with Crippen molar-refractivity contribution >= 4 is 11.3 Å². The van der Waals surface area contributed by atoms with Crippen LogP contribution < -0.4 is 4.74 Å². The highest BCUT2D eigenvalue weighted by atomic mass is 32.1. The van der Waals surface area contributed by atoms with E-state index >= 15 is 0 Å². The van der Waals surface area contributed by atoms with E-state index in [9.17, 15) is 5.11 Å². The summed E-state index contributed by atoms with van der Waals surface area (Å²) in [6.45, 7) is 2.61. The van der Waals surface area contributed by atoms with Crippen LogP contribution in [0.2, 0.25) is 0 Å². The zero-order chi connectivity index (χ0) is 13.5. The van der Waals surface area contributed by atoms with Crippen molar-refractivity contribution in [1.29, 1.82) is 0 Å². The van der Waals surface area contributed by atoms with E-state index in [1.54, 1.807) is 11.3 Å². The lowest BCUT2D eigenvalue weighted by molar-refractivity contribution is 0.131. The normalized spacial score (nSPS) is 12.3. The van der Waals surface area contributed by atoms with Crippen LogP contribution in [0.25, 0.3) is 0 Å². The van der Waals surface area contributed by atoms with Gasteiger partial charge in [-0.25, -0.2) is 0 Å². The Morgan fingerprint density at radius 3 is 2.89 bits per heavy atom. The van der Waals surface area contributed by atoms with E-state index in [0.29, 0.717) is 13.0 Å². The Hall–Kier alpha value is -1.32. The number of aliphatic hydroxyl groups excluding tert-OH is 1. The van der Waals surface area contributed by atoms with Crippen LogP contribution in [-0.4, -0.2) is 17.8 Å². The van der Waals surface area contributed by atoms with Gasteiger partial charge in [-0.2, -0.15) is 11.3 Å². The fourth-order valence-electron chi connectivity index (χ4n) is 1.93. The predicted octanol–water partition coefficient (Wildman–Crippen LogP) is 3.82. The lowest BCUT2D eigenvalue weighted by Crippen LogP contribution is -2.12. The summed E-state index contributed by atoms with van der Waals surface area (Å²) in [7, 11) is 0. The number of hydrogen-bond donors (Lipinski definition) is 1. The minimum absolute atomic E-state index is 0.287. The lowest BCUT2D eigenvalue weighted by Gasteiger charge is -2.11. The van der Waals surface area contributed by atoms with Gasteiger partial charge in [0.1, 0.15) is 5.75 Å². The number of benzene rings is 1. The fourth-order valence-corrected chi connectivity index (χ4v) is 2.63. The molecule has 0 aliphatic carbocycles. The highest BCUT2D eigenvalue weighted by molar-refractivity contribution is 7.07. The molecule has 1 unspecified atom stereocenters. The van der Waals surface area contributed by atoms with Crippen molar-refractivity contribution in [2.24, 2.45) is 0 Å². The molecule has 0 saturated heterocycles. The Kier molecular flexibility index (Phi) is 5.43. The van der Waals surface area contributed by atoms with Crippen molar-refractivity contribution in [3.63, 3.8) is 0 Å². The van der Waals surface area contributed by atoms with E-state index in [2.05, 4.69) is 16.8 Å². The average Bonchev–Trinajstić information content (AvgIpc) is 2.89. The quantitative estimate of drug-likeness (QED) is 0.833. The summed E-state index contributed by atoms with van der Waals surface area (Å²) < 4.78 is 5.64. The number of rotatable bonds is 7. The molecule has 0 amide bonds. The van der Waals surface area contributed by atoms with E-state index in [4.69, 9.17) is 4.74 Å². The molecule has 1 aromatic heterocycles. The van der Waals surface area contributed by atoms with Crippen LogP contribution in [0.3, 0.4) is 0 Å². The van der Waals surface area contributed by atoms with Gasteiger partial charge in [0.2, 0.25) is 0 Å². The van der Waals surface area contributed by atoms with Gasteiger partial charge < -0.3 is 9.84 Å². The van der Waals surface area contributed by atoms with E-state index in [0.717, 1.165) is 18.6 Å². The number of thiophene rings is 1. The standard InChI is InChI=1S/C16H20O2S/c1-13-3-2-4-16(11-13)18-9-7-15(17)6-5-14-8-10-19-12-14/h2-4,8,10-12,15,17H,5-7,9H2,1H3. The van der Waals surface area contributed by atoms with Gasteiger partial charge in [0.05, 0.1) is 12.7 Å². The largest absolute Gasteiger partial charge is 0.493 e. The molecule has 0 radical (unpaired) electrons. The third kappa shape index (κ3) is 5.05. The van der Waals surface area contributed by atoms with Gasteiger partial charge >= 0.3 is 0 Å². The maximum absolute atomic E-state index is 9.90. The van der Waals surface area contributed by atoms with E-state index in [-0.39, 0.29) is 6.10 Å². The SMILES string of the molecule is Cc1cccc(OCCC(O)CCc2ccsc2)c1. The van der Waals surface area contributed by atoms with E-state index < -0.39 is 0 Å². The molecule has 0 aliphatic heterocycles. The van der Waals surface area contributed by atoms with E-state index in [1.165, 1.54) is 11.1 Å². The zero-order valence-corrected chi connectivity index (χ0v) is 12.0. The summed E-state index contributed by atoms with van der Waals surface area (Å²) in [5, 5.41) is 14.1. The highest BCUT2D eigenvalue weighted by Crippen LogP contribution is 2.14. The summed E-state index contributed by atoms with van der Waals surface area (Å²) in [5.74, 6) is 0.880. The first kappa shape index (κ1) is 14.1. The molecule has 19 heavy (non-hydrogen) atoms. The summed E-state index contributed by atoms with van der Waals surface area (Å²) >= 11 is 1.70. The number of ether oxygens (including phenoxy) is 1. The Morgan fingerprint density at radius 2 is 2.16 bits per heavy atom. The Labute approximate surface area is 118 Å². The van der Waals surface area contributed by atoms with Gasteiger partial charge in [-0.3, -0.25) is 0 Å². The summed E-state index contributed by atoms with van der Waals surface area (Å²) in [5.41, 5.74) is 2.50. The molecule has 1 heterocycles. The van der Waals surface area contributed by atoms with Crippen LogP contribution >= 0.6 is 11.3 Å². The molecule has 0 spiro atoms. The van der Waals surface area contributed by atoms with Crippen molar-refractivity contribution in [1.82, 2.24) is 0 Å². The van der Waals surface area contributed by atoms with Crippen LogP contribution in [0, 0.1) is 6.92 Å². The molecule has 2 aromatic rings. The third-order valence-corrected chi connectivity index (χ3v) is 3.79. The summed E-state index contributed by atoms with van der Waals surface area (Å²) in [6, 6.07) is 10.1. The monoisotopic (exact) mass is 276 g/mol. The molecule has 2 rings (SSSR count). The smallest absolute Gasteiger partial charge is 0.119 e. The first-order chi connectivity index (χ1) is 9.24. The molecule has 0 aliphatic rings. The molecule has 3 heteroatoms. The van der Waals surface area contributed by atoms with Gasteiger partial charge in [-0.1, -0.05) is 12.1 Å². The Bertz CT molecular complexity index is 479. The summed E-state index contributed by atoms with van der Waals surface area (Å²) in [6.07, 6.45) is 2.13. The molecule has 1 N–H and O–H groups in total. The minimum Gasteiger partial charge on any atom is -0.493 e. The van der Waals surface area contributed by atoms with Gasteiger partial charge in [0.15, 0.2) is 0 Å². The maximum atomic E-state index is 9.90. The summed E-state index contributed by atoms with van der Waals surface area (Å²) in [4.78, 5) is 0. The predicted molar refractivity (Wildman–Crippen MR) is 79.9 cm³/mol. The molecule has 0 saturated carbocycles. The van der Waals surface area contributed by atoms with Gasteiger partial charge in [0.25, 0.3) is 0 Å². The second-order valence-electron chi connectivity index (χ2n) is 4.78. The lowest BCUT2D eigenvalue weighted by atomic mass is 10.1. The molecule has 0 fully saturated rings. The van der Waals surface area contributed by atoms with Crippen LogP contribution in [0.4, 0.5) is 0 Å². The molecular formula is C16H20O2S. The van der Waals surface area contributed by atoms with Gasteiger partial charge in [0, 0.05) is 6.42 Å². The first-order valence-corrected chi connectivity index (χ1v) is 7.57. The second kappa shape index (κ2) is 7.31. The highest BCUT2D eigenvalue weighted by Gasteiger charge is 2.05. The Balaban J connectivity index is 1.65. The van der Waals surface area contributed by atoms with Crippen molar-refractivity contribution < 1.29 is 9.84 Å². The molecule has 2 nitrogen and oxygen atoms in total. The van der Waals surface area contributed by atoms with Crippen LogP contribution in [0.15, 0.2) is 41.1 Å². The minimum atomic E-state index is -0.287. The molecule has 0 bridgehead atoms. The van der Waals surface area contributed by atoms with E-state index in [1.807, 2.05) is 31.2 Å². The molecule has 1 atom stereocenters. The van der Waals surface area contributed by atoms with Gasteiger partial charge in [-0.05, 0) is 59.9 Å².